The maximum Gasteiger partial charge on any atom is 0.323 e. The second-order valence-electron chi connectivity index (χ2n) is 7.86. The predicted molar refractivity (Wildman–Crippen MR) is 114 cm³/mol. The average Bonchev–Trinajstić information content (AvgIpc) is 3.11. The maximum absolute atomic E-state index is 13.6. The highest BCUT2D eigenvalue weighted by Crippen LogP contribution is 2.49. The third-order valence-corrected chi connectivity index (χ3v) is 6.23. The van der Waals surface area contributed by atoms with Crippen LogP contribution < -0.4 is 9.64 Å². The van der Waals surface area contributed by atoms with Crippen LogP contribution in [-0.4, -0.2) is 52.3 Å². The number of aliphatic carboxylic acids is 1. The Morgan fingerprint density at radius 2 is 1.91 bits per heavy atom. The highest BCUT2D eigenvalue weighted by molar-refractivity contribution is 6.32. The summed E-state index contributed by atoms with van der Waals surface area (Å²) in [6, 6.07) is 4.44. The van der Waals surface area contributed by atoms with Gasteiger partial charge in [0.05, 0.1) is 25.8 Å². The van der Waals surface area contributed by atoms with Crippen molar-refractivity contribution in [1.82, 2.24) is 9.88 Å². The summed E-state index contributed by atoms with van der Waals surface area (Å²) in [6.07, 6.45) is 1.18. The molecule has 1 aromatic heterocycles. The van der Waals surface area contributed by atoms with Gasteiger partial charge < -0.3 is 9.84 Å². The van der Waals surface area contributed by atoms with Crippen LogP contribution in [0.2, 0.25) is 5.02 Å². The minimum Gasteiger partial charge on any atom is -0.496 e. The lowest BCUT2D eigenvalue weighted by Crippen LogP contribution is -2.47. The van der Waals surface area contributed by atoms with E-state index >= 15 is 0 Å². The number of hydrogen-bond donors (Lipinski definition) is 1. The third kappa shape index (κ3) is 3.03. The number of rotatable bonds is 5. The zero-order valence-electron chi connectivity index (χ0n) is 17.6. The molecular weight excluding hydrogens is 438 g/mol. The molecule has 4 rings (SSSR count). The zero-order valence-corrected chi connectivity index (χ0v) is 18.4. The van der Waals surface area contributed by atoms with Crippen molar-refractivity contribution in [2.45, 2.75) is 32.2 Å². The van der Waals surface area contributed by atoms with E-state index in [1.165, 1.54) is 25.3 Å². The van der Waals surface area contributed by atoms with Crippen LogP contribution in [0.3, 0.4) is 0 Å². The molecule has 1 aromatic carbocycles. The van der Waals surface area contributed by atoms with E-state index in [9.17, 15) is 24.3 Å². The maximum atomic E-state index is 13.6. The molecule has 2 aliphatic heterocycles. The summed E-state index contributed by atoms with van der Waals surface area (Å²) in [4.78, 5) is 57.7. The first-order chi connectivity index (χ1) is 15.1. The number of pyridine rings is 1. The van der Waals surface area contributed by atoms with E-state index in [1.807, 2.05) is 6.92 Å². The molecule has 32 heavy (non-hydrogen) atoms. The van der Waals surface area contributed by atoms with E-state index in [0.717, 1.165) is 15.4 Å². The molecule has 0 bridgehead atoms. The van der Waals surface area contributed by atoms with Crippen LogP contribution in [-0.2, 0) is 31.1 Å². The topological polar surface area (TPSA) is 117 Å². The number of carbonyl (C=O) groups excluding carboxylic acids is 3. The van der Waals surface area contributed by atoms with E-state index in [1.54, 1.807) is 13.1 Å². The Morgan fingerprint density at radius 1 is 1.22 bits per heavy atom. The monoisotopic (exact) mass is 457 g/mol. The van der Waals surface area contributed by atoms with Gasteiger partial charge >= 0.3 is 5.97 Å². The molecule has 0 saturated carbocycles. The van der Waals surface area contributed by atoms with Crippen LogP contribution in [0.1, 0.15) is 28.8 Å². The normalized spacial score (nSPS) is 19.8. The Morgan fingerprint density at radius 3 is 2.56 bits per heavy atom. The van der Waals surface area contributed by atoms with Gasteiger partial charge in [0, 0.05) is 33.6 Å². The number of aryl methyl sites for hydroxylation is 1. The second-order valence-corrected chi connectivity index (χ2v) is 8.30. The van der Waals surface area contributed by atoms with Crippen molar-refractivity contribution in [2.75, 3.05) is 18.6 Å². The minimum absolute atomic E-state index is 0.135. The molecule has 1 N–H and O–H groups in total. The molecule has 9 nitrogen and oxygen atoms in total. The van der Waals surface area contributed by atoms with Crippen molar-refractivity contribution in [3.63, 3.8) is 0 Å². The summed E-state index contributed by atoms with van der Waals surface area (Å²) < 4.78 is 5.40. The van der Waals surface area contributed by atoms with Gasteiger partial charge in [-0.1, -0.05) is 11.6 Å². The van der Waals surface area contributed by atoms with E-state index in [-0.39, 0.29) is 22.8 Å². The molecule has 3 heterocycles. The van der Waals surface area contributed by atoms with Gasteiger partial charge in [0.15, 0.2) is 5.41 Å². The SMILES string of the molecule is COc1c(C)cnc(CN2C(=O)CC3(C2=O)C(=O)N(CC(=O)O)c2ccc(Cl)cc23)c1C. The molecule has 10 heteroatoms. The van der Waals surface area contributed by atoms with Crippen molar-refractivity contribution < 1.29 is 29.0 Å². The number of nitrogens with zero attached hydrogens (tertiary/aromatic N) is 3. The molecule has 0 aliphatic carbocycles. The quantitative estimate of drug-likeness (QED) is 0.539. The van der Waals surface area contributed by atoms with Crippen molar-refractivity contribution >= 4 is 41.0 Å². The number of fused-ring (bicyclic) bond motifs is 2. The molecule has 2 aliphatic rings. The number of ether oxygens (including phenoxy) is 1. The number of imide groups is 1. The van der Waals surface area contributed by atoms with Crippen LogP contribution >= 0.6 is 11.6 Å². The van der Waals surface area contributed by atoms with Crippen LogP contribution in [0.4, 0.5) is 5.69 Å². The minimum atomic E-state index is -1.84. The number of methoxy groups -OCH3 is 1. The fourth-order valence-electron chi connectivity index (χ4n) is 4.49. The predicted octanol–water partition coefficient (Wildman–Crippen LogP) is 1.99. The number of carboxylic acids is 1. The van der Waals surface area contributed by atoms with Crippen molar-refractivity contribution in [2.24, 2.45) is 0 Å². The van der Waals surface area contributed by atoms with Gasteiger partial charge in [0.25, 0.3) is 0 Å². The lowest BCUT2D eigenvalue weighted by atomic mass is 9.80. The summed E-state index contributed by atoms with van der Waals surface area (Å²) in [6.45, 7) is 2.84. The number of hydrogen-bond acceptors (Lipinski definition) is 6. The number of anilines is 1. The fraction of sp³-hybridized carbons (Fsp3) is 0.318. The highest BCUT2D eigenvalue weighted by atomic mass is 35.5. The molecule has 1 spiro atoms. The molecule has 1 unspecified atom stereocenters. The molecule has 166 valence electrons. The Balaban J connectivity index is 1.78. The summed E-state index contributed by atoms with van der Waals surface area (Å²) in [7, 11) is 1.52. The summed E-state index contributed by atoms with van der Waals surface area (Å²) in [5.41, 5.74) is 0.616. The standard InChI is InChI=1S/C22H20ClN3O6/c1-11-8-24-15(12(2)19(11)32-3)9-26-17(27)7-22(21(26)31)14-6-13(23)4-5-16(14)25(20(22)30)10-18(28)29/h4-6,8H,7,9-10H2,1-3H3,(H,28,29). The summed E-state index contributed by atoms with van der Waals surface area (Å²) >= 11 is 6.13. The molecular formula is C22H20ClN3O6. The molecule has 1 atom stereocenters. The molecule has 0 radical (unpaired) electrons. The number of carboxylic acid groups (broad SMARTS) is 1. The third-order valence-electron chi connectivity index (χ3n) is 6.00. The van der Waals surface area contributed by atoms with E-state index in [0.29, 0.717) is 17.0 Å². The molecule has 1 fully saturated rings. The van der Waals surface area contributed by atoms with Crippen LogP contribution in [0, 0.1) is 13.8 Å². The van der Waals surface area contributed by atoms with Gasteiger partial charge in [-0.15, -0.1) is 0 Å². The van der Waals surface area contributed by atoms with Crippen LogP contribution in [0.15, 0.2) is 24.4 Å². The number of amides is 3. The van der Waals surface area contributed by atoms with Gasteiger partial charge in [-0.05, 0) is 32.0 Å². The van der Waals surface area contributed by atoms with Gasteiger partial charge in [0.1, 0.15) is 12.3 Å². The van der Waals surface area contributed by atoms with E-state index < -0.39 is 42.1 Å². The zero-order chi connectivity index (χ0) is 23.4. The highest BCUT2D eigenvalue weighted by Gasteiger charge is 2.64. The first kappa shape index (κ1) is 21.8. The number of halogens is 1. The lowest BCUT2D eigenvalue weighted by molar-refractivity contribution is -0.143. The van der Waals surface area contributed by atoms with Gasteiger partial charge in [-0.3, -0.25) is 34.0 Å². The Hall–Kier alpha value is -3.46. The summed E-state index contributed by atoms with van der Waals surface area (Å²) in [5, 5.41) is 9.54. The van der Waals surface area contributed by atoms with Gasteiger partial charge in [-0.25, -0.2) is 0 Å². The smallest absolute Gasteiger partial charge is 0.323 e. The van der Waals surface area contributed by atoms with Crippen molar-refractivity contribution in [1.29, 1.82) is 0 Å². The summed E-state index contributed by atoms with van der Waals surface area (Å²) in [5.74, 6) is -2.65. The van der Waals surface area contributed by atoms with Gasteiger partial charge in [-0.2, -0.15) is 0 Å². The number of aromatic nitrogens is 1. The number of benzene rings is 1. The average molecular weight is 458 g/mol. The van der Waals surface area contributed by atoms with Crippen LogP contribution in [0.25, 0.3) is 0 Å². The Bertz CT molecular complexity index is 1200. The van der Waals surface area contributed by atoms with Crippen LogP contribution in [0.5, 0.6) is 5.75 Å². The van der Waals surface area contributed by atoms with Crippen molar-refractivity contribution in [3.8, 4) is 5.75 Å². The first-order valence-corrected chi connectivity index (χ1v) is 10.2. The van der Waals surface area contributed by atoms with E-state index in [2.05, 4.69) is 4.98 Å². The number of likely N-dealkylation sites (tertiary alicyclic amines) is 1. The second kappa shape index (κ2) is 7.59. The fourth-order valence-corrected chi connectivity index (χ4v) is 4.66. The lowest BCUT2D eigenvalue weighted by Gasteiger charge is -2.22. The van der Waals surface area contributed by atoms with E-state index in [4.69, 9.17) is 16.3 Å². The largest absolute Gasteiger partial charge is 0.496 e. The first-order valence-electron chi connectivity index (χ1n) is 9.79. The molecule has 1 saturated heterocycles. The molecule has 3 amide bonds. The van der Waals surface area contributed by atoms with Gasteiger partial charge in [0.2, 0.25) is 17.7 Å². The molecule has 2 aromatic rings. The Labute approximate surface area is 188 Å². The Kier molecular flexibility index (Phi) is 5.16. The van der Waals surface area contributed by atoms with Crippen molar-refractivity contribution in [3.05, 3.63) is 51.8 Å². The number of carbonyl (C=O) groups is 4.